The summed E-state index contributed by atoms with van der Waals surface area (Å²) in [5, 5.41) is 0. The summed E-state index contributed by atoms with van der Waals surface area (Å²) in [6.07, 6.45) is 5.33. The maximum atomic E-state index is 13.0. The van der Waals surface area contributed by atoms with E-state index in [0.717, 1.165) is 36.4 Å². The van der Waals surface area contributed by atoms with E-state index in [0.29, 0.717) is 25.6 Å². The van der Waals surface area contributed by atoms with Crippen LogP contribution in [0.25, 0.3) is 0 Å². The lowest BCUT2D eigenvalue weighted by Gasteiger charge is -2.37. The van der Waals surface area contributed by atoms with Crippen LogP contribution in [0.15, 0.2) is 73.2 Å². The molecule has 2 heterocycles. The number of rotatable bonds is 6. The topological polar surface area (TPSA) is 62.0 Å². The summed E-state index contributed by atoms with van der Waals surface area (Å²) in [5.74, 6) is 1.13. The van der Waals surface area contributed by atoms with Crippen LogP contribution in [0.2, 0.25) is 0 Å². The van der Waals surface area contributed by atoms with Crippen molar-refractivity contribution in [2.75, 3.05) is 24.7 Å². The number of carbonyl (C=O) groups is 1. The van der Waals surface area contributed by atoms with Crippen LogP contribution in [0.3, 0.4) is 0 Å². The molecule has 0 saturated carbocycles. The van der Waals surface area contributed by atoms with Gasteiger partial charge >= 0.3 is 0 Å². The highest BCUT2D eigenvalue weighted by Gasteiger charge is 2.30. The minimum Gasteiger partial charge on any atom is -0.489 e. The number of nitrogens with zero attached hydrogens (tertiary/aromatic N) is 3. The lowest BCUT2D eigenvalue weighted by molar-refractivity contribution is -0.127. The number of benzene rings is 2. The molecular weight excluding hydrogens is 395 g/mol. The molecule has 0 radical (unpaired) electrons. The van der Waals surface area contributed by atoms with Gasteiger partial charge in [-0.15, -0.1) is 0 Å². The quantitative estimate of drug-likeness (QED) is 0.723. The molecule has 0 aliphatic carbocycles. The zero-order valence-electron chi connectivity index (χ0n) is 17.4. The van der Waals surface area contributed by atoms with Gasteiger partial charge in [-0.3, -0.25) is 4.79 Å². The minimum atomic E-state index is -0.258. The average molecular weight is 423 g/mol. The minimum absolute atomic E-state index is 0.0195. The predicted octanol–water partition coefficient (Wildman–Crippen LogP) is 3.42. The molecule has 2 aromatic rings. The molecule has 7 heteroatoms. The standard InChI is InChI=1S/C24H27FN4O2/c1-2-24(30)27-13-3-4-21(14-27)28-15-23(26)29(17-28)20-9-11-22(12-10-20)31-16-18-5-7-19(25)8-6-18/h2,5-12,15,21H,1,3-4,13-14,16-17,26H2/t21-/m1/s1. The van der Waals surface area contributed by atoms with Crippen molar-refractivity contribution >= 4 is 11.6 Å². The van der Waals surface area contributed by atoms with E-state index in [1.165, 1.54) is 18.2 Å². The van der Waals surface area contributed by atoms with Gasteiger partial charge in [0, 0.05) is 31.0 Å². The third-order valence-corrected chi connectivity index (χ3v) is 5.73. The van der Waals surface area contributed by atoms with Crippen LogP contribution in [-0.2, 0) is 11.4 Å². The van der Waals surface area contributed by atoms with Crippen molar-refractivity contribution in [1.29, 1.82) is 0 Å². The summed E-state index contributed by atoms with van der Waals surface area (Å²) < 4.78 is 18.8. The number of halogens is 1. The Balaban J connectivity index is 1.35. The number of nitrogens with two attached hydrogens (primary N) is 1. The van der Waals surface area contributed by atoms with Crippen molar-refractivity contribution in [3.63, 3.8) is 0 Å². The molecule has 1 atom stereocenters. The van der Waals surface area contributed by atoms with Gasteiger partial charge in [-0.05, 0) is 60.9 Å². The van der Waals surface area contributed by atoms with Crippen molar-refractivity contribution < 1.29 is 13.9 Å². The van der Waals surface area contributed by atoms with Crippen LogP contribution in [0.4, 0.5) is 10.1 Å². The van der Waals surface area contributed by atoms with E-state index in [-0.39, 0.29) is 17.8 Å². The molecule has 1 fully saturated rings. The normalized spacial score (nSPS) is 18.7. The monoisotopic (exact) mass is 422 g/mol. The number of ether oxygens (including phenoxy) is 1. The molecule has 2 aromatic carbocycles. The van der Waals surface area contributed by atoms with Crippen LogP contribution < -0.4 is 15.4 Å². The van der Waals surface area contributed by atoms with Crippen LogP contribution in [0, 0.1) is 5.82 Å². The highest BCUT2D eigenvalue weighted by atomic mass is 19.1. The number of amides is 1. The molecule has 2 N–H and O–H groups in total. The lowest BCUT2D eigenvalue weighted by Crippen LogP contribution is -2.48. The second-order valence-corrected chi connectivity index (χ2v) is 7.83. The van der Waals surface area contributed by atoms with E-state index in [9.17, 15) is 9.18 Å². The Bertz CT molecular complexity index is 959. The van der Waals surface area contributed by atoms with Crippen LogP contribution in [0.1, 0.15) is 18.4 Å². The zero-order valence-corrected chi connectivity index (χ0v) is 17.4. The maximum absolute atomic E-state index is 13.0. The number of likely N-dealkylation sites (tertiary alicyclic amines) is 1. The van der Waals surface area contributed by atoms with Gasteiger partial charge in [0.25, 0.3) is 0 Å². The smallest absolute Gasteiger partial charge is 0.246 e. The first kappa shape index (κ1) is 20.8. The van der Waals surface area contributed by atoms with E-state index < -0.39 is 0 Å². The molecular formula is C24H27FN4O2. The molecule has 2 aliphatic heterocycles. The van der Waals surface area contributed by atoms with Gasteiger partial charge in [0.15, 0.2) is 0 Å². The highest BCUT2D eigenvalue weighted by Crippen LogP contribution is 2.28. The molecule has 162 valence electrons. The first-order chi connectivity index (χ1) is 15.0. The highest BCUT2D eigenvalue weighted by molar-refractivity contribution is 5.87. The Morgan fingerprint density at radius 2 is 1.94 bits per heavy atom. The van der Waals surface area contributed by atoms with E-state index in [4.69, 9.17) is 10.5 Å². The Kier molecular flexibility index (Phi) is 6.11. The van der Waals surface area contributed by atoms with Crippen molar-refractivity contribution in [3.05, 3.63) is 84.6 Å². The first-order valence-corrected chi connectivity index (χ1v) is 10.4. The lowest BCUT2D eigenvalue weighted by atomic mass is 10.0. The number of anilines is 1. The molecule has 1 amide bonds. The molecule has 0 unspecified atom stereocenters. The van der Waals surface area contributed by atoms with Gasteiger partial charge in [0.1, 0.15) is 24.0 Å². The van der Waals surface area contributed by atoms with Crippen LogP contribution in [0.5, 0.6) is 5.75 Å². The molecule has 2 aliphatic rings. The Morgan fingerprint density at radius 3 is 2.65 bits per heavy atom. The Labute approximate surface area is 182 Å². The molecule has 6 nitrogen and oxygen atoms in total. The molecule has 0 bridgehead atoms. The van der Waals surface area contributed by atoms with Crippen molar-refractivity contribution in [2.24, 2.45) is 5.73 Å². The summed E-state index contributed by atoms with van der Waals surface area (Å²) in [5.41, 5.74) is 8.18. The van der Waals surface area contributed by atoms with Crippen molar-refractivity contribution in [3.8, 4) is 5.75 Å². The fourth-order valence-electron chi connectivity index (χ4n) is 4.00. The Hall–Kier alpha value is -3.48. The fourth-order valence-corrected chi connectivity index (χ4v) is 4.00. The number of piperidine rings is 1. The van der Waals surface area contributed by atoms with Gasteiger partial charge in [0.2, 0.25) is 5.91 Å². The third-order valence-electron chi connectivity index (χ3n) is 5.73. The van der Waals surface area contributed by atoms with Gasteiger partial charge in [-0.25, -0.2) is 4.39 Å². The number of hydrogen-bond acceptors (Lipinski definition) is 5. The molecule has 4 rings (SSSR count). The van der Waals surface area contributed by atoms with Crippen LogP contribution in [-0.4, -0.2) is 41.5 Å². The fraction of sp³-hybridized carbons (Fsp3) is 0.292. The molecule has 1 saturated heterocycles. The van der Waals surface area contributed by atoms with E-state index in [2.05, 4.69) is 11.5 Å². The second-order valence-electron chi connectivity index (χ2n) is 7.83. The second kappa shape index (κ2) is 9.12. The van der Waals surface area contributed by atoms with Crippen molar-refractivity contribution in [1.82, 2.24) is 9.80 Å². The first-order valence-electron chi connectivity index (χ1n) is 10.4. The zero-order chi connectivity index (χ0) is 21.8. The van der Waals surface area contributed by atoms with E-state index >= 15 is 0 Å². The van der Waals surface area contributed by atoms with Gasteiger partial charge in [0.05, 0.1) is 6.67 Å². The SMILES string of the molecule is C=CC(=O)N1CCC[C@@H](N2C=C(N)N(c3ccc(OCc4ccc(F)cc4)cc3)C2)C1. The van der Waals surface area contributed by atoms with Gasteiger partial charge in [-0.2, -0.15) is 0 Å². The van der Waals surface area contributed by atoms with Gasteiger partial charge < -0.3 is 25.2 Å². The van der Waals surface area contributed by atoms with Gasteiger partial charge in [-0.1, -0.05) is 18.7 Å². The van der Waals surface area contributed by atoms with Crippen LogP contribution >= 0.6 is 0 Å². The van der Waals surface area contributed by atoms with E-state index in [1.807, 2.05) is 40.3 Å². The summed E-state index contributed by atoms with van der Waals surface area (Å²) in [6, 6.07) is 14.3. The molecule has 0 aromatic heterocycles. The number of carbonyl (C=O) groups excluding carboxylic acids is 1. The predicted molar refractivity (Wildman–Crippen MR) is 118 cm³/mol. The summed E-state index contributed by atoms with van der Waals surface area (Å²) in [4.78, 5) is 18.1. The van der Waals surface area contributed by atoms with Crippen molar-refractivity contribution in [2.45, 2.75) is 25.5 Å². The molecule has 31 heavy (non-hydrogen) atoms. The Morgan fingerprint density at radius 1 is 1.19 bits per heavy atom. The summed E-state index contributed by atoms with van der Waals surface area (Å²) in [6.45, 7) is 6.06. The van der Waals surface area contributed by atoms with E-state index in [1.54, 1.807) is 12.1 Å². The summed E-state index contributed by atoms with van der Waals surface area (Å²) in [7, 11) is 0. The largest absolute Gasteiger partial charge is 0.489 e. The summed E-state index contributed by atoms with van der Waals surface area (Å²) >= 11 is 0. The number of hydrogen-bond donors (Lipinski definition) is 1. The maximum Gasteiger partial charge on any atom is 0.246 e. The third kappa shape index (κ3) is 4.82. The molecule has 0 spiro atoms. The average Bonchev–Trinajstić information content (AvgIpc) is 3.20.